The SMILES string of the molecule is CCO[C@@H]1CCCN(C(=O)c2ccc(N3CCCC3)c([N+](=O)[O-])c2)C1. The molecule has 0 bridgehead atoms. The van der Waals surface area contributed by atoms with Crippen molar-refractivity contribution in [2.24, 2.45) is 0 Å². The first kappa shape index (κ1) is 17.7. The molecule has 0 aliphatic carbocycles. The van der Waals surface area contributed by atoms with Gasteiger partial charge < -0.3 is 14.5 Å². The molecule has 7 nitrogen and oxygen atoms in total. The summed E-state index contributed by atoms with van der Waals surface area (Å²) in [6.45, 7) is 5.45. The molecule has 0 saturated carbocycles. The maximum absolute atomic E-state index is 12.8. The minimum absolute atomic E-state index is 0.0196. The van der Waals surface area contributed by atoms with Crippen LogP contribution in [0.25, 0.3) is 0 Å². The van der Waals surface area contributed by atoms with Crippen molar-refractivity contribution in [3.63, 3.8) is 0 Å². The van der Waals surface area contributed by atoms with Crippen LogP contribution in [0.1, 0.15) is 43.0 Å². The highest BCUT2D eigenvalue weighted by atomic mass is 16.6. The molecule has 0 unspecified atom stereocenters. The summed E-state index contributed by atoms with van der Waals surface area (Å²) in [5, 5.41) is 11.5. The molecule has 3 rings (SSSR count). The summed E-state index contributed by atoms with van der Waals surface area (Å²) in [5.41, 5.74) is 1.02. The number of carbonyl (C=O) groups is 1. The number of hydrogen-bond donors (Lipinski definition) is 0. The van der Waals surface area contributed by atoms with Crippen molar-refractivity contribution in [3.05, 3.63) is 33.9 Å². The maximum Gasteiger partial charge on any atom is 0.293 e. The molecule has 7 heteroatoms. The molecule has 2 heterocycles. The van der Waals surface area contributed by atoms with Gasteiger partial charge in [-0.1, -0.05) is 0 Å². The van der Waals surface area contributed by atoms with E-state index in [-0.39, 0.29) is 22.6 Å². The van der Waals surface area contributed by atoms with Crippen LogP contribution in [0.4, 0.5) is 11.4 Å². The van der Waals surface area contributed by atoms with E-state index in [1.54, 1.807) is 17.0 Å². The highest BCUT2D eigenvalue weighted by Crippen LogP contribution is 2.32. The quantitative estimate of drug-likeness (QED) is 0.605. The van der Waals surface area contributed by atoms with Gasteiger partial charge >= 0.3 is 0 Å². The third-order valence-corrected chi connectivity index (χ3v) is 4.93. The number of benzene rings is 1. The fraction of sp³-hybridized carbons (Fsp3) is 0.611. The summed E-state index contributed by atoms with van der Waals surface area (Å²) in [5.74, 6) is -0.152. The molecule has 0 radical (unpaired) electrons. The Balaban J connectivity index is 1.80. The second-order valence-corrected chi connectivity index (χ2v) is 6.63. The molecule has 25 heavy (non-hydrogen) atoms. The Kier molecular flexibility index (Phi) is 5.53. The van der Waals surface area contributed by atoms with Crippen LogP contribution < -0.4 is 4.90 Å². The van der Waals surface area contributed by atoms with Gasteiger partial charge in [0, 0.05) is 44.4 Å². The van der Waals surface area contributed by atoms with Gasteiger partial charge in [0.25, 0.3) is 11.6 Å². The van der Waals surface area contributed by atoms with Gasteiger partial charge in [-0.15, -0.1) is 0 Å². The van der Waals surface area contributed by atoms with Crippen molar-refractivity contribution in [2.75, 3.05) is 37.7 Å². The van der Waals surface area contributed by atoms with Crippen LogP contribution in [-0.2, 0) is 4.74 Å². The second-order valence-electron chi connectivity index (χ2n) is 6.63. The molecule has 1 amide bonds. The van der Waals surface area contributed by atoms with Gasteiger partial charge in [-0.05, 0) is 44.7 Å². The Morgan fingerprint density at radius 3 is 2.72 bits per heavy atom. The number of likely N-dealkylation sites (tertiary alicyclic amines) is 1. The fourth-order valence-corrected chi connectivity index (χ4v) is 3.71. The summed E-state index contributed by atoms with van der Waals surface area (Å²) >= 11 is 0. The molecular weight excluding hydrogens is 322 g/mol. The van der Waals surface area contributed by atoms with Crippen LogP contribution in [0, 0.1) is 10.1 Å². The zero-order chi connectivity index (χ0) is 17.8. The molecule has 1 atom stereocenters. The molecule has 2 saturated heterocycles. The Hall–Kier alpha value is -2.15. The number of nitrogens with zero attached hydrogens (tertiary/aromatic N) is 3. The van der Waals surface area contributed by atoms with Crippen molar-refractivity contribution in [2.45, 2.75) is 38.7 Å². The van der Waals surface area contributed by atoms with Crippen molar-refractivity contribution < 1.29 is 14.5 Å². The average molecular weight is 347 g/mol. The molecule has 136 valence electrons. The highest BCUT2D eigenvalue weighted by Gasteiger charge is 2.28. The smallest absolute Gasteiger partial charge is 0.293 e. The fourth-order valence-electron chi connectivity index (χ4n) is 3.71. The summed E-state index contributed by atoms with van der Waals surface area (Å²) in [6, 6.07) is 4.87. The number of nitro benzene ring substituents is 1. The van der Waals surface area contributed by atoms with Gasteiger partial charge in [0.05, 0.1) is 11.0 Å². The summed E-state index contributed by atoms with van der Waals surface area (Å²) < 4.78 is 5.64. The number of ether oxygens (including phenoxy) is 1. The zero-order valence-corrected chi connectivity index (χ0v) is 14.6. The Morgan fingerprint density at radius 1 is 1.28 bits per heavy atom. The van der Waals surface area contributed by atoms with E-state index in [0.717, 1.165) is 38.8 Å². The number of hydrogen-bond acceptors (Lipinski definition) is 5. The van der Waals surface area contributed by atoms with Gasteiger partial charge in [0.2, 0.25) is 0 Å². The van der Waals surface area contributed by atoms with E-state index in [2.05, 4.69) is 0 Å². The Labute approximate surface area is 147 Å². The lowest BCUT2D eigenvalue weighted by Crippen LogP contribution is -2.43. The van der Waals surface area contributed by atoms with Crippen molar-refractivity contribution >= 4 is 17.3 Å². The van der Waals surface area contributed by atoms with Crippen LogP contribution in [0.3, 0.4) is 0 Å². The first-order valence-electron chi connectivity index (χ1n) is 9.04. The first-order chi connectivity index (χ1) is 12.1. The lowest BCUT2D eigenvalue weighted by atomic mass is 10.1. The minimum Gasteiger partial charge on any atom is -0.377 e. The molecular formula is C18H25N3O4. The Morgan fingerprint density at radius 2 is 2.04 bits per heavy atom. The van der Waals surface area contributed by atoms with Crippen LogP contribution in [-0.4, -0.2) is 54.6 Å². The number of amides is 1. The lowest BCUT2D eigenvalue weighted by molar-refractivity contribution is -0.384. The van der Waals surface area contributed by atoms with Gasteiger partial charge in [0.1, 0.15) is 5.69 Å². The van der Waals surface area contributed by atoms with Crippen molar-refractivity contribution in [3.8, 4) is 0 Å². The van der Waals surface area contributed by atoms with E-state index in [1.807, 2.05) is 11.8 Å². The molecule has 0 N–H and O–H groups in total. The number of nitro groups is 1. The number of piperidine rings is 1. The second kappa shape index (κ2) is 7.82. The largest absolute Gasteiger partial charge is 0.377 e. The monoisotopic (exact) mass is 347 g/mol. The van der Waals surface area contributed by atoms with Crippen molar-refractivity contribution in [1.29, 1.82) is 0 Å². The number of carbonyl (C=O) groups excluding carboxylic acids is 1. The van der Waals surface area contributed by atoms with E-state index < -0.39 is 0 Å². The van der Waals surface area contributed by atoms with Crippen LogP contribution in [0.5, 0.6) is 0 Å². The van der Waals surface area contributed by atoms with E-state index in [0.29, 0.717) is 30.9 Å². The van der Waals surface area contributed by atoms with E-state index in [9.17, 15) is 14.9 Å². The third kappa shape index (κ3) is 3.92. The number of rotatable bonds is 5. The molecule has 2 fully saturated rings. The minimum atomic E-state index is -0.385. The molecule has 1 aromatic carbocycles. The molecule has 0 spiro atoms. The normalized spacial score (nSPS) is 20.8. The lowest BCUT2D eigenvalue weighted by Gasteiger charge is -2.32. The van der Waals surface area contributed by atoms with E-state index in [1.165, 1.54) is 6.07 Å². The van der Waals surface area contributed by atoms with E-state index >= 15 is 0 Å². The standard InChI is InChI=1S/C18H25N3O4/c1-2-25-15-6-5-11-20(13-15)18(22)14-7-8-16(17(12-14)21(23)24)19-9-3-4-10-19/h7-8,12,15H,2-6,9-11,13H2,1H3/t15-/m1/s1. The third-order valence-electron chi connectivity index (χ3n) is 4.93. The van der Waals surface area contributed by atoms with Gasteiger partial charge in [-0.25, -0.2) is 0 Å². The highest BCUT2D eigenvalue weighted by molar-refractivity contribution is 5.96. The van der Waals surface area contributed by atoms with Crippen LogP contribution in [0.2, 0.25) is 0 Å². The van der Waals surface area contributed by atoms with Gasteiger partial charge in [-0.3, -0.25) is 14.9 Å². The predicted octanol–water partition coefficient (Wildman–Crippen LogP) is 2.84. The zero-order valence-electron chi connectivity index (χ0n) is 14.6. The topological polar surface area (TPSA) is 75.9 Å². The van der Waals surface area contributed by atoms with Crippen molar-refractivity contribution in [1.82, 2.24) is 4.90 Å². The summed E-state index contributed by atoms with van der Waals surface area (Å²) in [4.78, 5) is 27.7. The Bertz CT molecular complexity index is 641. The summed E-state index contributed by atoms with van der Waals surface area (Å²) in [6.07, 6.45) is 3.99. The van der Waals surface area contributed by atoms with Crippen LogP contribution in [0.15, 0.2) is 18.2 Å². The number of anilines is 1. The average Bonchev–Trinajstić information content (AvgIpc) is 3.15. The molecule has 2 aliphatic rings. The van der Waals surface area contributed by atoms with Crippen LogP contribution >= 0.6 is 0 Å². The van der Waals surface area contributed by atoms with Gasteiger partial charge in [-0.2, -0.15) is 0 Å². The molecule has 0 aromatic heterocycles. The first-order valence-corrected chi connectivity index (χ1v) is 9.04. The maximum atomic E-state index is 12.8. The molecule has 1 aromatic rings. The van der Waals surface area contributed by atoms with Gasteiger partial charge in [0.15, 0.2) is 0 Å². The summed E-state index contributed by atoms with van der Waals surface area (Å²) in [7, 11) is 0. The van der Waals surface area contributed by atoms with E-state index in [4.69, 9.17) is 4.74 Å². The predicted molar refractivity (Wildman–Crippen MR) is 95.1 cm³/mol. The molecule has 2 aliphatic heterocycles.